The van der Waals surface area contributed by atoms with Gasteiger partial charge in [0, 0.05) is 16.6 Å². The molecule has 0 saturated heterocycles. The molecule has 0 saturated carbocycles. The van der Waals surface area contributed by atoms with Crippen molar-refractivity contribution in [3.8, 4) is 0 Å². The van der Waals surface area contributed by atoms with E-state index in [1.807, 2.05) is 42.5 Å². The Morgan fingerprint density at radius 2 is 1.92 bits per heavy atom. The maximum Gasteiger partial charge on any atom is 0.310 e. The summed E-state index contributed by atoms with van der Waals surface area (Å²) < 4.78 is 19.5. The van der Waals surface area contributed by atoms with Gasteiger partial charge in [-0.1, -0.05) is 29.8 Å². The summed E-state index contributed by atoms with van der Waals surface area (Å²) in [6, 6.07) is 14.6. The molecule has 0 spiro atoms. The third-order valence-electron chi connectivity index (χ3n) is 3.64. The van der Waals surface area contributed by atoms with E-state index in [0.29, 0.717) is 22.1 Å². The zero-order valence-electron chi connectivity index (χ0n) is 13.1. The average molecular weight is 362 g/mol. The normalized spacial score (nSPS) is 12.2. The van der Waals surface area contributed by atoms with Gasteiger partial charge in [0.15, 0.2) is 11.0 Å². The molecule has 6 heteroatoms. The molecule has 4 nitrogen and oxygen atoms in total. The summed E-state index contributed by atoms with van der Waals surface area (Å²) in [5.74, 6) is -0.330. The van der Waals surface area contributed by atoms with E-state index < -0.39 is 11.0 Å². The Labute approximate surface area is 147 Å². The van der Waals surface area contributed by atoms with Crippen molar-refractivity contribution in [2.24, 2.45) is 0 Å². The van der Waals surface area contributed by atoms with E-state index in [9.17, 15) is 9.00 Å². The van der Waals surface area contributed by atoms with Gasteiger partial charge in [0.25, 0.3) is 0 Å². The summed E-state index contributed by atoms with van der Waals surface area (Å²) >= 11 is 6.26. The maximum atomic E-state index is 12.8. The van der Waals surface area contributed by atoms with Crippen LogP contribution in [0.2, 0.25) is 5.02 Å². The van der Waals surface area contributed by atoms with Crippen LogP contribution in [0.4, 0.5) is 0 Å². The molecule has 0 aliphatic rings. The average Bonchev–Trinajstić information content (AvgIpc) is 3.02. The second kappa shape index (κ2) is 7.20. The quantitative estimate of drug-likeness (QED) is 0.646. The Morgan fingerprint density at radius 1 is 1.17 bits per heavy atom. The van der Waals surface area contributed by atoms with Crippen molar-refractivity contribution in [3.63, 3.8) is 0 Å². The van der Waals surface area contributed by atoms with Gasteiger partial charge in [-0.25, -0.2) is 4.21 Å². The van der Waals surface area contributed by atoms with Gasteiger partial charge in [-0.15, -0.1) is 0 Å². The number of hydrogen-bond donors (Lipinski definition) is 0. The van der Waals surface area contributed by atoms with E-state index >= 15 is 0 Å². The van der Waals surface area contributed by atoms with Gasteiger partial charge >= 0.3 is 5.97 Å². The van der Waals surface area contributed by atoms with Crippen molar-refractivity contribution in [1.29, 1.82) is 0 Å². The third kappa shape index (κ3) is 3.23. The highest BCUT2D eigenvalue weighted by atomic mass is 35.5. The monoisotopic (exact) mass is 361 g/mol. The molecule has 2 aromatic carbocycles. The van der Waals surface area contributed by atoms with Crippen LogP contribution < -0.4 is 0 Å². The molecule has 1 atom stereocenters. The lowest BCUT2D eigenvalue weighted by Gasteiger charge is -2.09. The molecule has 0 fully saturated rings. The topological polar surface area (TPSA) is 48.3 Å². The molecular weight excluding hydrogens is 346 g/mol. The fourth-order valence-corrected chi connectivity index (χ4v) is 3.92. The van der Waals surface area contributed by atoms with Crippen molar-refractivity contribution >= 4 is 39.5 Å². The molecule has 1 aromatic heterocycles. The minimum absolute atomic E-state index is 0.0893. The molecule has 124 valence electrons. The number of esters is 1. The number of carbonyl (C=O) groups is 1. The maximum absolute atomic E-state index is 12.8. The van der Waals surface area contributed by atoms with Crippen molar-refractivity contribution in [2.75, 3.05) is 6.61 Å². The SMILES string of the molecule is CCOC(=O)Cc1c(Cl)ccc2c1ccn2S(=O)c1ccccc1. The standard InChI is InChI=1S/C18H16ClNO3S/c1-2-23-18(21)12-15-14-10-11-20(17(14)9-8-16(15)19)24(22)13-6-4-3-5-7-13/h3-11H,2,12H2,1H3. The molecule has 24 heavy (non-hydrogen) atoms. The Hall–Kier alpha value is -2.11. The number of ether oxygens (including phenoxy) is 1. The predicted molar refractivity (Wildman–Crippen MR) is 95.5 cm³/mol. The Kier molecular flexibility index (Phi) is 5.02. The number of nitrogens with zero attached hydrogens (tertiary/aromatic N) is 1. The fraction of sp³-hybridized carbons (Fsp3) is 0.167. The molecule has 0 N–H and O–H groups in total. The van der Waals surface area contributed by atoms with Crippen molar-refractivity contribution < 1.29 is 13.7 Å². The highest BCUT2D eigenvalue weighted by molar-refractivity contribution is 7.83. The summed E-state index contributed by atoms with van der Waals surface area (Å²) in [6.07, 6.45) is 1.84. The van der Waals surface area contributed by atoms with Crippen LogP contribution in [0.5, 0.6) is 0 Å². The van der Waals surface area contributed by atoms with Gasteiger partial charge in [0.1, 0.15) is 0 Å². The van der Waals surface area contributed by atoms with Crippen LogP contribution in [0.15, 0.2) is 59.6 Å². The number of hydrogen-bond acceptors (Lipinski definition) is 3. The summed E-state index contributed by atoms with van der Waals surface area (Å²) in [6.45, 7) is 2.09. The third-order valence-corrected chi connectivity index (χ3v) is 5.35. The zero-order chi connectivity index (χ0) is 17.1. The number of fused-ring (bicyclic) bond motifs is 1. The predicted octanol–water partition coefficient (Wildman–Crippen LogP) is 3.97. The highest BCUT2D eigenvalue weighted by Gasteiger charge is 2.16. The van der Waals surface area contributed by atoms with Crippen molar-refractivity contribution in [3.05, 3.63) is 65.3 Å². The van der Waals surface area contributed by atoms with E-state index in [-0.39, 0.29) is 12.4 Å². The summed E-state index contributed by atoms with van der Waals surface area (Å²) in [5, 5.41) is 1.30. The van der Waals surface area contributed by atoms with Crippen LogP contribution in [0.3, 0.4) is 0 Å². The summed E-state index contributed by atoms with van der Waals surface area (Å²) in [7, 11) is -1.36. The second-order valence-electron chi connectivity index (χ2n) is 5.14. The van der Waals surface area contributed by atoms with Crippen LogP contribution in [0, 0.1) is 0 Å². The number of carbonyl (C=O) groups excluding carboxylic acids is 1. The van der Waals surface area contributed by atoms with Crippen molar-refractivity contribution in [1.82, 2.24) is 3.97 Å². The van der Waals surface area contributed by atoms with Gasteiger partial charge in [-0.05, 0) is 42.8 Å². The molecule has 0 bridgehead atoms. The Morgan fingerprint density at radius 3 is 2.62 bits per heavy atom. The first-order valence-electron chi connectivity index (χ1n) is 7.53. The van der Waals surface area contributed by atoms with Crippen LogP contribution in [0.25, 0.3) is 10.9 Å². The van der Waals surface area contributed by atoms with Gasteiger partial charge in [0.2, 0.25) is 0 Å². The Bertz CT molecular complexity index is 905. The lowest BCUT2D eigenvalue weighted by Crippen LogP contribution is -2.08. The lowest BCUT2D eigenvalue weighted by atomic mass is 10.1. The van der Waals surface area contributed by atoms with E-state index in [4.69, 9.17) is 16.3 Å². The van der Waals surface area contributed by atoms with Gasteiger partial charge in [0.05, 0.1) is 23.4 Å². The molecule has 3 aromatic rings. The van der Waals surface area contributed by atoms with Gasteiger partial charge in [-0.3, -0.25) is 8.77 Å². The van der Waals surface area contributed by atoms with Gasteiger partial charge in [-0.2, -0.15) is 0 Å². The molecule has 1 heterocycles. The lowest BCUT2D eigenvalue weighted by molar-refractivity contribution is -0.142. The first-order chi connectivity index (χ1) is 11.6. The van der Waals surface area contributed by atoms with Crippen LogP contribution in [-0.4, -0.2) is 20.8 Å². The van der Waals surface area contributed by atoms with E-state index in [0.717, 1.165) is 10.9 Å². The number of aromatic nitrogens is 1. The smallest absolute Gasteiger partial charge is 0.310 e. The minimum Gasteiger partial charge on any atom is -0.466 e. The molecule has 0 radical (unpaired) electrons. The molecule has 0 aliphatic heterocycles. The molecular formula is C18H16ClNO3S. The molecule has 3 rings (SSSR count). The largest absolute Gasteiger partial charge is 0.466 e. The van der Waals surface area contributed by atoms with Crippen LogP contribution in [0.1, 0.15) is 12.5 Å². The van der Waals surface area contributed by atoms with Gasteiger partial charge < -0.3 is 4.74 Å². The van der Waals surface area contributed by atoms with Crippen LogP contribution >= 0.6 is 11.6 Å². The van der Waals surface area contributed by atoms with E-state index in [1.54, 1.807) is 23.2 Å². The summed E-state index contributed by atoms with van der Waals surface area (Å²) in [4.78, 5) is 12.5. The molecule has 0 aliphatic carbocycles. The first-order valence-corrected chi connectivity index (χ1v) is 9.01. The second-order valence-corrected chi connectivity index (χ2v) is 6.91. The van der Waals surface area contributed by atoms with Crippen LogP contribution in [-0.2, 0) is 26.9 Å². The Balaban J connectivity index is 2.04. The highest BCUT2D eigenvalue weighted by Crippen LogP contribution is 2.29. The molecule has 0 amide bonds. The zero-order valence-corrected chi connectivity index (χ0v) is 14.6. The number of rotatable bonds is 5. The minimum atomic E-state index is -1.36. The first kappa shape index (κ1) is 16.7. The van der Waals surface area contributed by atoms with E-state index in [2.05, 4.69) is 0 Å². The fourth-order valence-electron chi connectivity index (χ4n) is 2.56. The molecule has 1 unspecified atom stereocenters. The summed E-state index contributed by atoms with van der Waals surface area (Å²) in [5.41, 5.74) is 1.46. The van der Waals surface area contributed by atoms with Crippen molar-refractivity contribution in [2.45, 2.75) is 18.2 Å². The number of benzene rings is 2. The number of halogens is 1. The van der Waals surface area contributed by atoms with E-state index in [1.165, 1.54) is 0 Å².